The minimum Gasteiger partial charge on any atom is -0.0534 e. The lowest BCUT2D eigenvalue weighted by atomic mass is 9.97. The largest absolute Gasteiger partial charge is 0.0534 e. The van der Waals surface area contributed by atoms with E-state index in [-0.39, 0.29) is 0 Å². The number of rotatable bonds is 0. The SMILES string of the molecule is Cc1c(Br)ccc2c1ccc1c(C)c(Br)ccc12. The van der Waals surface area contributed by atoms with Crippen molar-refractivity contribution in [2.24, 2.45) is 0 Å². The summed E-state index contributed by atoms with van der Waals surface area (Å²) in [5.74, 6) is 0. The van der Waals surface area contributed by atoms with Crippen LogP contribution in [0.4, 0.5) is 0 Å². The Labute approximate surface area is 123 Å². The summed E-state index contributed by atoms with van der Waals surface area (Å²) >= 11 is 7.20. The molecule has 0 aliphatic rings. The van der Waals surface area contributed by atoms with Crippen molar-refractivity contribution < 1.29 is 0 Å². The Balaban J connectivity index is 2.56. The minimum atomic E-state index is 1.17. The first-order chi connectivity index (χ1) is 8.59. The molecule has 0 saturated carbocycles. The molecule has 0 saturated heterocycles. The number of aryl methyl sites for hydroxylation is 2. The topological polar surface area (TPSA) is 0 Å². The van der Waals surface area contributed by atoms with Crippen molar-refractivity contribution in [3.05, 3.63) is 56.5 Å². The summed E-state index contributed by atoms with van der Waals surface area (Å²) in [4.78, 5) is 0. The normalized spacial score (nSPS) is 11.3. The van der Waals surface area contributed by atoms with Crippen molar-refractivity contribution >= 4 is 53.4 Å². The molecule has 0 radical (unpaired) electrons. The fourth-order valence-corrected chi connectivity index (χ4v) is 3.16. The van der Waals surface area contributed by atoms with Gasteiger partial charge in [0.15, 0.2) is 0 Å². The predicted molar refractivity (Wildman–Crippen MR) is 86.3 cm³/mol. The summed E-state index contributed by atoms with van der Waals surface area (Å²) in [6.07, 6.45) is 0. The van der Waals surface area contributed by atoms with Crippen molar-refractivity contribution in [3.63, 3.8) is 0 Å². The maximum Gasteiger partial charge on any atom is 0.0210 e. The number of fused-ring (bicyclic) bond motifs is 3. The summed E-state index contributed by atoms with van der Waals surface area (Å²) in [6.45, 7) is 4.31. The van der Waals surface area contributed by atoms with E-state index in [4.69, 9.17) is 0 Å². The summed E-state index contributed by atoms with van der Waals surface area (Å²) in [5.41, 5.74) is 2.60. The van der Waals surface area contributed by atoms with E-state index in [1.54, 1.807) is 0 Å². The first-order valence-electron chi connectivity index (χ1n) is 5.86. The molecule has 3 aromatic carbocycles. The molecule has 18 heavy (non-hydrogen) atoms. The molecule has 0 N–H and O–H groups in total. The number of halogens is 2. The highest BCUT2D eigenvalue weighted by Crippen LogP contribution is 2.34. The third-order valence-corrected chi connectivity index (χ3v) is 5.32. The van der Waals surface area contributed by atoms with E-state index in [0.717, 1.165) is 0 Å². The second kappa shape index (κ2) is 4.36. The Bertz CT molecular complexity index is 706. The van der Waals surface area contributed by atoms with Gasteiger partial charge in [-0.15, -0.1) is 0 Å². The van der Waals surface area contributed by atoms with E-state index in [9.17, 15) is 0 Å². The molecule has 0 spiro atoms. The van der Waals surface area contributed by atoms with Crippen LogP contribution in [0.2, 0.25) is 0 Å². The van der Waals surface area contributed by atoms with Gasteiger partial charge in [0.25, 0.3) is 0 Å². The van der Waals surface area contributed by atoms with Crippen LogP contribution in [0.3, 0.4) is 0 Å². The molecule has 3 aromatic rings. The highest BCUT2D eigenvalue weighted by atomic mass is 79.9. The monoisotopic (exact) mass is 362 g/mol. The minimum absolute atomic E-state index is 1.17. The molecule has 0 aromatic heterocycles. The van der Waals surface area contributed by atoms with Crippen LogP contribution in [0.1, 0.15) is 11.1 Å². The van der Waals surface area contributed by atoms with E-state index in [1.165, 1.54) is 41.6 Å². The van der Waals surface area contributed by atoms with Crippen molar-refractivity contribution in [3.8, 4) is 0 Å². The summed E-state index contributed by atoms with van der Waals surface area (Å²) in [7, 11) is 0. The van der Waals surface area contributed by atoms with Crippen LogP contribution in [0.15, 0.2) is 45.3 Å². The molecule has 0 heterocycles. The van der Waals surface area contributed by atoms with Crippen molar-refractivity contribution in [2.75, 3.05) is 0 Å². The van der Waals surface area contributed by atoms with Crippen LogP contribution in [0.5, 0.6) is 0 Å². The average Bonchev–Trinajstić information content (AvgIpc) is 2.38. The smallest absolute Gasteiger partial charge is 0.0210 e. The molecule has 0 aliphatic heterocycles. The van der Waals surface area contributed by atoms with Crippen LogP contribution in [-0.4, -0.2) is 0 Å². The summed E-state index contributed by atoms with van der Waals surface area (Å²) < 4.78 is 2.34. The van der Waals surface area contributed by atoms with Gasteiger partial charge in [0.2, 0.25) is 0 Å². The zero-order valence-electron chi connectivity index (χ0n) is 10.2. The fourth-order valence-electron chi connectivity index (χ4n) is 2.47. The van der Waals surface area contributed by atoms with Gasteiger partial charge in [-0.1, -0.05) is 56.1 Å². The summed E-state index contributed by atoms with van der Waals surface area (Å²) in [5, 5.41) is 5.28. The Hall–Kier alpha value is -0.860. The van der Waals surface area contributed by atoms with Crippen LogP contribution in [0, 0.1) is 13.8 Å². The zero-order chi connectivity index (χ0) is 12.9. The average molecular weight is 364 g/mol. The van der Waals surface area contributed by atoms with Gasteiger partial charge in [0, 0.05) is 8.95 Å². The van der Waals surface area contributed by atoms with E-state index in [2.05, 4.69) is 82.1 Å². The van der Waals surface area contributed by atoms with Gasteiger partial charge < -0.3 is 0 Å². The molecule has 0 bridgehead atoms. The molecule has 0 nitrogen and oxygen atoms in total. The first-order valence-corrected chi connectivity index (χ1v) is 7.45. The molecule has 0 aliphatic carbocycles. The van der Waals surface area contributed by atoms with Gasteiger partial charge >= 0.3 is 0 Å². The van der Waals surface area contributed by atoms with E-state index in [0.29, 0.717) is 0 Å². The van der Waals surface area contributed by atoms with Gasteiger partial charge in [-0.05, 0) is 58.7 Å². The fraction of sp³-hybridized carbons (Fsp3) is 0.125. The first kappa shape index (κ1) is 12.2. The third kappa shape index (κ3) is 1.70. The molecule has 0 atom stereocenters. The Morgan fingerprint density at radius 1 is 0.556 bits per heavy atom. The molecule has 90 valence electrons. The predicted octanol–water partition coefficient (Wildman–Crippen LogP) is 6.13. The van der Waals surface area contributed by atoms with Crippen LogP contribution >= 0.6 is 31.9 Å². The number of hydrogen-bond acceptors (Lipinski definition) is 0. The lowest BCUT2D eigenvalue weighted by molar-refractivity contribution is 1.47. The molecular formula is C16H12Br2. The van der Waals surface area contributed by atoms with Gasteiger partial charge in [-0.25, -0.2) is 0 Å². The van der Waals surface area contributed by atoms with Gasteiger partial charge in [0.1, 0.15) is 0 Å². The highest BCUT2D eigenvalue weighted by Gasteiger charge is 2.07. The zero-order valence-corrected chi connectivity index (χ0v) is 13.4. The molecule has 2 heteroatoms. The van der Waals surface area contributed by atoms with Crippen molar-refractivity contribution in [2.45, 2.75) is 13.8 Å². The molecule has 0 amide bonds. The standard InChI is InChI=1S/C16H12Br2/c1-9-11-3-4-12-10(2)16(18)8-6-14(12)13(11)5-7-15(9)17/h3-8H,1-2H3. The van der Waals surface area contributed by atoms with Crippen LogP contribution in [-0.2, 0) is 0 Å². The molecule has 3 rings (SSSR count). The maximum absolute atomic E-state index is 3.60. The van der Waals surface area contributed by atoms with Gasteiger partial charge in [0.05, 0.1) is 0 Å². The lowest BCUT2D eigenvalue weighted by Gasteiger charge is -2.10. The van der Waals surface area contributed by atoms with Gasteiger partial charge in [-0.3, -0.25) is 0 Å². The second-order valence-corrected chi connectivity index (χ2v) is 6.31. The molecule has 0 unspecified atom stereocenters. The highest BCUT2D eigenvalue weighted by molar-refractivity contribution is 9.10. The van der Waals surface area contributed by atoms with Crippen molar-refractivity contribution in [1.82, 2.24) is 0 Å². The van der Waals surface area contributed by atoms with Crippen molar-refractivity contribution in [1.29, 1.82) is 0 Å². The van der Waals surface area contributed by atoms with Gasteiger partial charge in [-0.2, -0.15) is 0 Å². The maximum atomic E-state index is 3.60. The Kier molecular flexibility index (Phi) is 2.95. The van der Waals surface area contributed by atoms with E-state index < -0.39 is 0 Å². The number of hydrogen-bond donors (Lipinski definition) is 0. The quantitative estimate of drug-likeness (QED) is 0.421. The van der Waals surface area contributed by atoms with E-state index in [1.807, 2.05) is 0 Å². The third-order valence-electron chi connectivity index (χ3n) is 3.60. The lowest BCUT2D eigenvalue weighted by Crippen LogP contribution is -1.85. The van der Waals surface area contributed by atoms with E-state index >= 15 is 0 Å². The second-order valence-electron chi connectivity index (χ2n) is 4.60. The molecule has 0 fully saturated rings. The summed E-state index contributed by atoms with van der Waals surface area (Å²) in [6, 6.07) is 13.1. The number of benzene rings is 3. The Morgan fingerprint density at radius 2 is 0.889 bits per heavy atom. The molecular weight excluding hydrogens is 352 g/mol. The van der Waals surface area contributed by atoms with Crippen LogP contribution in [0.25, 0.3) is 21.5 Å². The van der Waals surface area contributed by atoms with Crippen LogP contribution < -0.4 is 0 Å². The Morgan fingerprint density at radius 3 is 1.28 bits per heavy atom.